The minimum absolute atomic E-state index is 0.102. The van der Waals surface area contributed by atoms with Crippen LogP contribution in [-0.2, 0) is 4.79 Å². The fourth-order valence-corrected chi connectivity index (χ4v) is 2.14. The number of amides is 1. The van der Waals surface area contributed by atoms with E-state index < -0.39 is 6.04 Å². The normalized spacial score (nSPS) is 20.9. The third-order valence-corrected chi connectivity index (χ3v) is 3.03. The monoisotopic (exact) mass is 306 g/mol. The Morgan fingerprint density at radius 3 is 2.79 bits per heavy atom. The van der Waals surface area contributed by atoms with E-state index in [4.69, 9.17) is 5.73 Å². The number of β-lactam (4-membered cyclic amide) rings is 1. The van der Waals surface area contributed by atoms with E-state index in [2.05, 4.69) is 0 Å². The Balaban J connectivity index is 2.30. The molecule has 1 aliphatic heterocycles. The Hall–Kier alpha value is -0.690. The molecular weight excluding hydrogens is 298 g/mol. The molecule has 0 saturated carbocycles. The van der Waals surface area contributed by atoms with Crippen LogP contribution in [0.1, 0.15) is 0 Å². The van der Waals surface area contributed by atoms with Gasteiger partial charge in [-0.25, -0.2) is 4.39 Å². The van der Waals surface area contributed by atoms with Crippen LogP contribution in [0.3, 0.4) is 0 Å². The molecule has 0 bridgehead atoms. The first-order valence-corrected chi connectivity index (χ1v) is 5.19. The Morgan fingerprint density at radius 2 is 2.29 bits per heavy atom. The lowest BCUT2D eigenvalue weighted by Gasteiger charge is -2.36. The van der Waals surface area contributed by atoms with Gasteiger partial charge >= 0.3 is 0 Å². The maximum atomic E-state index is 12.8. The molecule has 1 heterocycles. The number of carbonyl (C=O) groups is 1. The number of hydrogen-bond acceptors (Lipinski definition) is 2. The Morgan fingerprint density at radius 1 is 1.57 bits per heavy atom. The molecule has 1 aromatic carbocycles. The predicted molar refractivity (Wildman–Crippen MR) is 59.4 cm³/mol. The van der Waals surface area contributed by atoms with Crippen molar-refractivity contribution in [3.63, 3.8) is 0 Å². The predicted octanol–water partition coefficient (Wildman–Crippen LogP) is 1.10. The number of anilines is 1. The Bertz CT molecular complexity index is 396. The summed E-state index contributed by atoms with van der Waals surface area (Å²) in [5.74, 6) is -0.398. The molecule has 0 aliphatic carbocycles. The molecule has 0 radical (unpaired) electrons. The number of rotatable bonds is 1. The molecule has 1 fully saturated rings. The SMILES string of the molecule is NC1CN(c2ccc(F)cc2I)C1=O. The summed E-state index contributed by atoms with van der Waals surface area (Å²) in [6.45, 7) is 0.514. The molecule has 1 atom stereocenters. The smallest absolute Gasteiger partial charge is 0.245 e. The number of benzene rings is 1. The summed E-state index contributed by atoms with van der Waals surface area (Å²) in [5, 5.41) is 0. The highest BCUT2D eigenvalue weighted by molar-refractivity contribution is 14.1. The van der Waals surface area contributed by atoms with Gasteiger partial charge in [0.2, 0.25) is 5.91 Å². The molecule has 2 N–H and O–H groups in total. The molecule has 1 saturated heterocycles. The minimum Gasteiger partial charge on any atom is -0.318 e. The van der Waals surface area contributed by atoms with Crippen LogP contribution in [0.15, 0.2) is 18.2 Å². The summed E-state index contributed by atoms with van der Waals surface area (Å²) in [5.41, 5.74) is 6.20. The molecule has 1 aromatic rings. The average Bonchev–Trinajstić information content (AvgIpc) is 2.15. The Kier molecular flexibility index (Phi) is 2.44. The van der Waals surface area contributed by atoms with Crippen LogP contribution in [0.5, 0.6) is 0 Å². The van der Waals surface area contributed by atoms with Gasteiger partial charge in [-0.3, -0.25) is 4.79 Å². The van der Waals surface area contributed by atoms with Gasteiger partial charge in [0.25, 0.3) is 0 Å². The van der Waals surface area contributed by atoms with Gasteiger partial charge in [0.05, 0.1) is 12.2 Å². The van der Waals surface area contributed by atoms with Gasteiger partial charge in [0.1, 0.15) is 11.9 Å². The molecule has 3 nitrogen and oxygen atoms in total. The maximum absolute atomic E-state index is 12.8. The fourth-order valence-electron chi connectivity index (χ4n) is 1.37. The molecule has 14 heavy (non-hydrogen) atoms. The third kappa shape index (κ3) is 1.50. The van der Waals surface area contributed by atoms with Crippen molar-refractivity contribution in [1.82, 2.24) is 0 Å². The summed E-state index contributed by atoms with van der Waals surface area (Å²) in [6, 6.07) is 3.94. The molecule has 0 spiro atoms. The first-order valence-electron chi connectivity index (χ1n) is 4.11. The third-order valence-electron chi connectivity index (χ3n) is 2.16. The van der Waals surface area contributed by atoms with Crippen LogP contribution in [0.4, 0.5) is 10.1 Å². The van der Waals surface area contributed by atoms with E-state index in [9.17, 15) is 9.18 Å². The van der Waals surface area contributed by atoms with Crippen LogP contribution in [0.2, 0.25) is 0 Å². The van der Waals surface area contributed by atoms with Gasteiger partial charge in [0, 0.05) is 3.57 Å². The van der Waals surface area contributed by atoms with Gasteiger partial charge in [-0.15, -0.1) is 0 Å². The van der Waals surface area contributed by atoms with Crippen molar-refractivity contribution in [2.75, 3.05) is 11.4 Å². The van der Waals surface area contributed by atoms with Gasteiger partial charge < -0.3 is 10.6 Å². The van der Waals surface area contributed by atoms with E-state index in [1.807, 2.05) is 22.6 Å². The lowest BCUT2D eigenvalue weighted by molar-refractivity contribution is -0.123. The molecule has 2 rings (SSSR count). The van der Waals surface area contributed by atoms with E-state index in [1.54, 1.807) is 11.0 Å². The second kappa shape index (κ2) is 3.47. The topological polar surface area (TPSA) is 46.3 Å². The molecular formula is C9H8FIN2O. The van der Waals surface area contributed by atoms with Crippen molar-refractivity contribution in [3.05, 3.63) is 27.6 Å². The molecule has 1 aliphatic rings. The lowest BCUT2D eigenvalue weighted by Crippen LogP contribution is -2.61. The average molecular weight is 306 g/mol. The van der Waals surface area contributed by atoms with Gasteiger partial charge in [-0.1, -0.05) is 0 Å². The van der Waals surface area contributed by atoms with Crippen molar-refractivity contribution in [2.24, 2.45) is 5.73 Å². The van der Waals surface area contributed by atoms with Crippen molar-refractivity contribution in [3.8, 4) is 0 Å². The molecule has 1 amide bonds. The zero-order chi connectivity index (χ0) is 10.3. The van der Waals surface area contributed by atoms with E-state index >= 15 is 0 Å². The first kappa shape index (κ1) is 9.85. The van der Waals surface area contributed by atoms with E-state index in [0.717, 1.165) is 9.26 Å². The molecule has 0 aromatic heterocycles. The van der Waals surface area contributed by atoms with Crippen LogP contribution in [-0.4, -0.2) is 18.5 Å². The number of halogens is 2. The van der Waals surface area contributed by atoms with E-state index in [1.165, 1.54) is 12.1 Å². The second-order valence-electron chi connectivity index (χ2n) is 3.15. The van der Waals surface area contributed by atoms with Crippen LogP contribution in [0, 0.1) is 9.39 Å². The van der Waals surface area contributed by atoms with Crippen LogP contribution >= 0.6 is 22.6 Å². The first-order chi connectivity index (χ1) is 6.59. The lowest BCUT2D eigenvalue weighted by atomic mass is 10.1. The summed E-state index contributed by atoms with van der Waals surface area (Å²) >= 11 is 2.00. The number of carbonyl (C=O) groups excluding carboxylic acids is 1. The highest BCUT2D eigenvalue weighted by atomic mass is 127. The zero-order valence-corrected chi connectivity index (χ0v) is 9.36. The zero-order valence-electron chi connectivity index (χ0n) is 7.21. The number of nitrogens with two attached hydrogens (primary N) is 1. The standard InChI is InChI=1S/C9H8FIN2O/c10-5-1-2-8(6(11)3-5)13-4-7(12)9(13)14/h1-3,7H,4,12H2. The number of hydrogen-bond donors (Lipinski definition) is 1. The minimum atomic E-state index is -0.393. The summed E-state index contributed by atoms with van der Waals surface area (Å²) in [7, 11) is 0. The maximum Gasteiger partial charge on any atom is 0.245 e. The fraction of sp³-hybridized carbons (Fsp3) is 0.222. The van der Waals surface area contributed by atoms with Crippen molar-refractivity contribution in [1.29, 1.82) is 0 Å². The Labute approximate surface area is 94.2 Å². The van der Waals surface area contributed by atoms with E-state index in [-0.39, 0.29) is 11.7 Å². The van der Waals surface area contributed by atoms with Crippen molar-refractivity contribution >= 4 is 34.2 Å². The molecule has 1 unspecified atom stereocenters. The number of nitrogens with zero attached hydrogens (tertiary/aromatic N) is 1. The molecule has 74 valence electrons. The van der Waals surface area contributed by atoms with Crippen molar-refractivity contribution < 1.29 is 9.18 Å². The summed E-state index contributed by atoms with van der Waals surface area (Å²) in [6.07, 6.45) is 0. The summed E-state index contributed by atoms with van der Waals surface area (Å²) in [4.78, 5) is 12.9. The second-order valence-corrected chi connectivity index (χ2v) is 4.31. The summed E-state index contributed by atoms with van der Waals surface area (Å²) < 4.78 is 13.5. The molecule has 5 heteroatoms. The van der Waals surface area contributed by atoms with Crippen molar-refractivity contribution in [2.45, 2.75) is 6.04 Å². The van der Waals surface area contributed by atoms with Crippen LogP contribution in [0.25, 0.3) is 0 Å². The highest BCUT2D eigenvalue weighted by Gasteiger charge is 2.35. The quantitative estimate of drug-likeness (QED) is 0.624. The van der Waals surface area contributed by atoms with Gasteiger partial charge in [0.15, 0.2) is 0 Å². The van der Waals surface area contributed by atoms with Crippen LogP contribution < -0.4 is 10.6 Å². The van der Waals surface area contributed by atoms with Gasteiger partial charge in [-0.2, -0.15) is 0 Å². The highest BCUT2D eigenvalue weighted by Crippen LogP contribution is 2.27. The van der Waals surface area contributed by atoms with E-state index in [0.29, 0.717) is 6.54 Å². The largest absolute Gasteiger partial charge is 0.318 e. The van der Waals surface area contributed by atoms with Gasteiger partial charge in [-0.05, 0) is 40.8 Å².